The van der Waals surface area contributed by atoms with Gasteiger partial charge in [0.2, 0.25) is 0 Å². The zero-order chi connectivity index (χ0) is 11.3. The Bertz CT molecular complexity index is 304. The fourth-order valence-electron chi connectivity index (χ4n) is 1.45. The number of ether oxygens (including phenoxy) is 1. The van der Waals surface area contributed by atoms with Crippen molar-refractivity contribution in [2.45, 2.75) is 19.9 Å². The summed E-state index contributed by atoms with van der Waals surface area (Å²) < 4.78 is 6.13. The Balaban J connectivity index is 2.84. The molecule has 0 aliphatic heterocycles. The Kier molecular flexibility index (Phi) is 5.05. The topological polar surface area (TPSA) is 25.4 Å². The molecule has 0 unspecified atom stereocenters. The molecule has 84 valence electrons. The third-order valence-corrected chi connectivity index (χ3v) is 2.83. The molecule has 0 bridgehead atoms. The van der Waals surface area contributed by atoms with Gasteiger partial charge in [0, 0.05) is 32.1 Å². The molecular weight excluding hydrogens is 256 g/mol. The zero-order valence-corrected chi connectivity index (χ0v) is 11.0. The quantitative estimate of drug-likeness (QED) is 0.824. The third-order valence-electron chi connectivity index (χ3n) is 2.22. The van der Waals surface area contributed by atoms with Crippen LogP contribution in [-0.2, 0) is 4.74 Å². The number of anilines is 1. The predicted octanol–water partition coefficient (Wildman–Crippen LogP) is 2.71. The van der Waals surface area contributed by atoms with Crippen molar-refractivity contribution in [1.29, 1.82) is 0 Å². The minimum absolute atomic E-state index is 0.443. The molecule has 0 aliphatic rings. The molecule has 0 saturated carbocycles. The minimum Gasteiger partial charge on any atom is -0.383 e. The molecule has 0 aromatic carbocycles. The molecule has 0 spiro atoms. The van der Waals surface area contributed by atoms with Crippen molar-refractivity contribution in [3.05, 3.63) is 22.9 Å². The average Bonchev–Trinajstić information content (AvgIpc) is 2.20. The SMILES string of the molecule is COCCN(c1ccncc1Br)C(C)C. The van der Waals surface area contributed by atoms with Gasteiger partial charge in [-0.1, -0.05) is 0 Å². The van der Waals surface area contributed by atoms with Gasteiger partial charge in [-0.05, 0) is 35.8 Å². The summed E-state index contributed by atoms with van der Waals surface area (Å²) in [5, 5.41) is 0. The second-order valence-electron chi connectivity index (χ2n) is 3.61. The van der Waals surface area contributed by atoms with Crippen LogP contribution in [0.1, 0.15) is 13.8 Å². The average molecular weight is 273 g/mol. The van der Waals surface area contributed by atoms with E-state index in [4.69, 9.17) is 4.74 Å². The molecule has 0 aliphatic carbocycles. The number of halogens is 1. The molecule has 3 nitrogen and oxygen atoms in total. The standard InChI is InChI=1S/C11H17BrN2O/c1-9(2)14(6-7-15-3)11-4-5-13-8-10(11)12/h4-5,8-9H,6-7H2,1-3H3. The number of nitrogens with zero attached hydrogens (tertiary/aromatic N) is 2. The van der Waals surface area contributed by atoms with E-state index in [1.54, 1.807) is 7.11 Å². The number of pyridine rings is 1. The van der Waals surface area contributed by atoms with E-state index in [0.717, 1.165) is 23.3 Å². The van der Waals surface area contributed by atoms with Gasteiger partial charge in [-0.2, -0.15) is 0 Å². The third kappa shape index (κ3) is 3.47. The van der Waals surface area contributed by atoms with Crippen molar-refractivity contribution >= 4 is 21.6 Å². The van der Waals surface area contributed by atoms with Crippen LogP contribution in [0.3, 0.4) is 0 Å². The van der Waals surface area contributed by atoms with Crippen LogP contribution in [0.2, 0.25) is 0 Å². The van der Waals surface area contributed by atoms with Gasteiger partial charge in [-0.25, -0.2) is 0 Å². The van der Waals surface area contributed by atoms with E-state index in [9.17, 15) is 0 Å². The van der Waals surface area contributed by atoms with E-state index < -0.39 is 0 Å². The summed E-state index contributed by atoms with van der Waals surface area (Å²) in [5.41, 5.74) is 1.16. The molecule has 0 atom stereocenters. The van der Waals surface area contributed by atoms with Crippen molar-refractivity contribution < 1.29 is 4.74 Å². The van der Waals surface area contributed by atoms with E-state index in [1.807, 2.05) is 18.5 Å². The summed E-state index contributed by atoms with van der Waals surface area (Å²) >= 11 is 3.51. The number of hydrogen-bond acceptors (Lipinski definition) is 3. The highest BCUT2D eigenvalue weighted by Crippen LogP contribution is 2.25. The normalized spacial score (nSPS) is 10.7. The van der Waals surface area contributed by atoms with Gasteiger partial charge in [-0.15, -0.1) is 0 Å². The minimum atomic E-state index is 0.443. The first-order chi connectivity index (χ1) is 7.16. The summed E-state index contributed by atoms with van der Waals surface area (Å²) in [4.78, 5) is 6.35. The van der Waals surface area contributed by atoms with Crippen molar-refractivity contribution in [3.63, 3.8) is 0 Å². The predicted molar refractivity (Wildman–Crippen MR) is 66.3 cm³/mol. The fourth-order valence-corrected chi connectivity index (χ4v) is 1.93. The second kappa shape index (κ2) is 6.08. The molecule has 15 heavy (non-hydrogen) atoms. The summed E-state index contributed by atoms with van der Waals surface area (Å²) in [6.07, 6.45) is 3.62. The van der Waals surface area contributed by atoms with Gasteiger partial charge in [0.1, 0.15) is 0 Å². The smallest absolute Gasteiger partial charge is 0.0637 e. The molecule has 0 amide bonds. The van der Waals surface area contributed by atoms with Gasteiger partial charge >= 0.3 is 0 Å². The lowest BCUT2D eigenvalue weighted by Crippen LogP contribution is -2.34. The van der Waals surface area contributed by atoms with Crippen LogP contribution in [0, 0.1) is 0 Å². The Hall–Kier alpha value is -0.610. The summed E-state index contributed by atoms with van der Waals surface area (Å²) in [6.45, 7) is 5.95. The molecule has 0 saturated heterocycles. The summed E-state index contributed by atoms with van der Waals surface area (Å²) in [7, 11) is 1.72. The summed E-state index contributed by atoms with van der Waals surface area (Å²) in [5.74, 6) is 0. The Morgan fingerprint density at radius 3 is 2.80 bits per heavy atom. The first-order valence-electron chi connectivity index (χ1n) is 5.02. The molecule has 1 aromatic heterocycles. The van der Waals surface area contributed by atoms with Crippen molar-refractivity contribution in [3.8, 4) is 0 Å². The maximum atomic E-state index is 5.11. The molecule has 1 heterocycles. The second-order valence-corrected chi connectivity index (χ2v) is 4.46. The van der Waals surface area contributed by atoms with Crippen LogP contribution in [0.25, 0.3) is 0 Å². The molecule has 0 radical (unpaired) electrons. The fraction of sp³-hybridized carbons (Fsp3) is 0.545. The van der Waals surface area contributed by atoms with Gasteiger partial charge in [0.05, 0.1) is 16.8 Å². The van der Waals surface area contributed by atoms with Crippen molar-refractivity contribution in [2.24, 2.45) is 0 Å². The van der Waals surface area contributed by atoms with Crippen LogP contribution >= 0.6 is 15.9 Å². The van der Waals surface area contributed by atoms with E-state index in [1.165, 1.54) is 0 Å². The van der Waals surface area contributed by atoms with Crippen LogP contribution in [0.4, 0.5) is 5.69 Å². The Morgan fingerprint density at radius 1 is 1.53 bits per heavy atom. The van der Waals surface area contributed by atoms with Crippen LogP contribution in [0.5, 0.6) is 0 Å². The van der Waals surface area contributed by atoms with E-state index in [0.29, 0.717) is 6.04 Å². The van der Waals surface area contributed by atoms with Gasteiger partial charge < -0.3 is 9.64 Å². The lowest BCUT2D eigenvalue weighted by Gasteiger charge is -2.29. The largest absolute Gasteiger partial charge is 0.383 e. The highest BCUT2D eigenvalue weighted by atomic mass is 79.9. The lowest BCUT2D eigenvalue weighted by atomic mass is 10.2. The number of rotatable bonds is 5. The van der Waals surface area contributed by atoms with Crippen molar-refractivity contribution in [2.75, 3.05) is 25.2 Å². The number of hydrogen-bond donors (Lipinski definition) is 0. The highest BCUT2D eigenvalue weighted by molar-refractivity contribution is 9.10. The molecule has 1 rings (SSSR count). The lowest BCUT2D eigenvalue weighted by molar-refractivity contribution is 0.204. The van der Waals surface area contributed by atoms with Crippen molar-refractivity contribution in [1.82, 2.24) is 4.98 Å². The molecule has 1 aromatic rings. The molecule has 0 fully saturated rings. The van der Waals surface area contributed by atoms with Crippen LogP contribution in [0.15, 0.2) is 22.9 Å². The first-order valence-corrected chi connectivity index (χ1v) is 5.81. The molecule has 0 N–H and O–H groups in total. The molecular formula is C11H17BrN2O. The van der Waals surface area contributed by atoms with Crippen LogP contribution < -0.4 is 4.90 Å². The maximum Gasteiger partial charge on any atom is 0.0637 e. The Labute approximate surface area is 99.6 Å². The van der Waals surface area contributed by atoms with Gasteiger partial charge in [-0.3, -0.25) is 4.98 Å². The molecule has 4 heteroatoms. The van der Waals surface area contributed by atoms with Gasteiger partial charge in [0.15, 0.2) is 0 Å². The maximum absolute atomic E-state index is 5.11. The summed E-state index contributed by atoms with van der Waals surface area (Å²) in [6, 6.07) is 2.46. The zero-order valence-electron chi connectivity index (χ0n) is 9.40. The van der Waals surface area contributed by atoms with E-state index in [-0.39, 0.29) is 0 Å². The van der Waals surface area contributed by atoms with E-state index in [2.05, 4.69) is 39.7 Å². The highest BCUT2D eigenvalue weighted by Gasteiger charge is 2.12. The number of methoxy groups -OCH3 is 1. The monoisotopic (exact) mass is 272 g/mol. The Morgan fingerprint density at radius 2 is 2.27 bits per heavy atom. The van der Waals surface area contributed by atoms with E-state index >= 15 is 0 Å². The van der Waals surface area contributed by atoms with Crippen LogP contribution in [-0.4, -0.2) is 31.3 Å². The first kappa shape index (κ1) is 12.5. The number of aromatic nitrogens is 1. The van der Waals surface area contributed by atoms with Gasteiger partial charge in [0.25, 0.3) is 0 Å².